The third-order valence-corrected chi connectivity index (χ3v) is 8.02. The van der Waals surface area contributed by atoms with E-state index >= 15 is 0 Å². The van der Waals surface area contributed by atoms with Crippen molar-refractivity contribution in [3.8, 4) is 0 Å². The van der Waals surface area contributed by atoms with Gasteiger partial charge in [-0.2, -0.15) is 0 Å². The van der Waals surface area contributed by atoms with E-state index in [1.807, 2.05) is 7.05 Å². The van der Waals surface area contributed by atoms with Gasteiger partial charge in [-0.3, -0.25) is 9.89 Å². The molecule has 1 atom stereocenters. The van der Waals surface area contributed by atoms with Gasteiger partial charge in [0.05, 0.1) is 18.8 Å². The van der Waals surface area contributed by atoms with Crippen molar-refractivity contribution in [1.29, 1.82) is 0 Å². The fourth-order valence-corrected chi connectivity index (χ4v) is 5.84. The first-order chi connectivity index (χ1) is 15.2. The molecule has 4 saturated heterocycles. The Morgan fingerprint density at radius 2 is 1.72 bits per heavy atom. The molecule has 0 saturated carbocycles. The Kier molecular flexibility index (Phi) is 10.8. The summed E-state index contributed by atoms with van der Waals surface area (Å²) in [6, 6.07) is 0. The molecule has 4 heterocycles. The van der Waals surface area contributed by atoms with Crippen molar-refractivity contribution < 1.29 is 9.47 Å². The molecule has 0 bridgehead atoms. The van der Waals surface area contributed by atoms with Gasteiger partial charge in [-0.1, -0.05) is 6.42 Å². The van der Waals surface area contributed by atoms with Crippen LogP contribution in [-0.2, 0) is 9.47 Å². The molecule has 1 unspecified atom stereocenters. The summed E-state index contributed by atoms with van der Waals surface area (Å²) in [6.07, 6.45) is 11.8. The number of hydrogen-bond acceptors (Lipinski definition) is 5. The Hall–Kier alpha value is -0.160. The summed E-state index contributed by atoms with van der Waals surface area (Å²) in [5.74, 6) is 1.08. The highest BCUT2D eigenvalue weighted by Gasteiger charge is 2.40. The lowest BCUT2D eigenvalue weighted by Gasteiger charge is -2.50. The highest BCUT2D eigenvalue weighted by molar-refractivity contribution is 14.0. The molecule has 8 heteroatoms. The summed E-state index contributed by atoms with van der Waals surface area (Å²) in [6.45, 7) is 9.66. The van der Waals surface area contributed by atoms with Crippen LogP contribution in [0.2, 0.25) is 0 Å². The number of halogens is 1. The Labute approximate surface area is 212 Å². The maximum atomic E-state index is 6.17. The van der Waals surface area contributed by atoms with Crippen LogP contribution >= 0.6 is 24.0 Å². The zero-order valence-electron chi connectivity index (χ0n) is 20.4. The summed E-state index contributed by atoms with van der Waals surface area (Å²) < 4.78 is 11.9. The van der Waals surface area contributed by atoms with E-state index in [1.165, 1.54) is 64.7 Å². The smallest absolute Gasteiger partial charge is 0.193 e. The van der Waals surface area contributed by atoms with Crippen molar-refractivity contribution in [3.05, 3.63) is 0 Å². The maximum Gasteiger partial charge on any atom is 0.193 e. The number of piperidine rings is 3. The summed E-state index contributed by atoms with van der Waals surface area (Å²) in [5.41, 5.74) is 0.283. The Balaban J connectivity index is 0.00000289. The molecule has 0 spiro atoms. The fourth-order valence-electron chi connectivity index (χ4n) is 5.84. The molecule has 1 N–H and O–H groups in total. The molecule has 0 aromatic heterocycles. The minimum atomic E-state index is 0. The molecule has 4 rings (SSSR count). The average Bonchev–Trinajstić information content (AvgIpc) is 3.35. The average molecular weight is 564 g/mol. The standard InChI is InChI=1S/C24H45N5O2.HI/c1-25-23(28-14-8-21(9-15-28)31-19-22-7-6-18-30-22)26-20-24(10-16-27(2)17-11-24)29-12-4-3-5-13-29;/h21-22H,3-20H2,1-2H3,(H,25,26);1H. The van der Waals surface area contributed by atoms with Crippen LogP contribution < -0.4 is 5.32 Å². The second-order valence-electron chi connectivity index (χ2n) is 10.1. The molecule has 0 aromatic rings. The van der Waals surface area contributed by atoms with Gasteiger partial charge in [-0.15, -0.1) is 24.0 Å². The molecule has 4 aliphatic rings. The van der Waals surface area contributed by atoms with Crippen molar-refractivity contribution >= 4 is 29.9 Å². The van der Waals surface area contributed by atoms with Crippen LogP contribution in [0.5, 0.6) is 0 Å². The lowest BCUT2D eigenvalue weighted by molar-refractivity contribution is -0.0368. The minimum Gasteiger partial charge on any atom is -0.376 e. The van der Waals surface area contributed by atoms with Crippen molar-refractivity contribution in [1.82, 2.24) is 20.0 Å². The second-order valence-corrected chi connectivity index (χ2v) is 10.1. The number of nitrogens with zero attached hydrogens (tertiary/aromatic N) is 4. The summed E-state index contributed by atoms with van der Waals surface area (Å²) in [4.78, 5) is 12.4. The lowest BCUT2D eigenvalue weighted by atomic mass is 9.84. The number of nitrogens with one attached hydrogen (secondary N) is 1. The highest BCUT2D eigenvalue weighted by Crippen LogP contribution is 2.31. The van der Waals surface area contributed by atoms with E-state index in [1.54, 1.807) is 0 Å². The first-order valence-electron chi connectivity index (χ1n) is 12.8. The first kappa shape index (κ1) is 26.4. The SMILES string of the molecule is CN=C(NCC1(N2CCCCC2)CCN(C)CC1)N1CCC(OCC2CCCO2)CC1.I. The third-order valence-electron chi connectivity index (χ3n) is 8.02. The number of rotatable bonds is 6. The fraction of sp³-hybridized carbons (Fsp3) is 0.958. The third kappa shape index (κ3) is 6.93. The van der Waals surface area contributed by atoms with Crippen molar-refractivity contribution in [2.24, 2.45) is 4.99 Å². The molecule has 186 valence electrons. The van der Waals surface area contributed by atoms with Gasteiger partial charge < -0.3 is 24.6 Å². The molecule has 0 aromatic carbocycles. The van der Waals surface area contributed by atoms with Gasteiger partial charge in [0.15, 0.2) is 5.96 Å². The van der Waals surface area contributed by atoms with Crippen LogP contribution in [0.15, 0.2) is 4.99 Å². The van der Waals surface area contributed by atoms with E-state index < -0.39 is 0 Å². The molecular weight excluding hydrogens is 517 g/mol. The molecule has 0 amide bonds. The Morgan fingerprint density at radius 1 is 1.00 bits per heavy atom. The van der Waals surface area contributed by atoms with Gasteiger partial charge >= 0.3 is 0 Å². The van der Waals surface area contributed by atoms with Crippen molar-refractivity contribution in [2.75, 3.05) is 73.1 Å². The van der Waals surface area contributed by atoms with Gasteiger partial charge in [0, 0.05) is 38.8 Å². The van der Waals surface area contributed by atoms with Crippen molar-refractivity contribution in [2.45, 2.75) is 75.5 Å². The van der Waals surface area contributed by atoms with E-state index in [4.69, 9.17) is 9.47 Å². The van der Waals surface area contributed by atoms with E-state index in [0.717, 1.165) is 58.1 Å². The van der Waals surface area contributed by atoms with Gasteiger partial charge in [0.1, 0.15) is 0 Å². The quantitative estimate of drug-likeness (QED) is 0.305. The largest absolute Gasteiger partial charge is 0.376 e. The number of hydrogen-bond donors (Lipinski definition) is 1. The normalized spacial score (nSPS) is 28.5. The number of ether oxygens (including phenoxy) is 2. The van der Waals surface area contributed by atoms with E-state index in [9.17, 15) is 0 Å². The molecule has 7 nitrogen and oxygen atoms in total. The topological polar surface area (TPSA) is 52.6 Å². The highest BCUT2D eigenvalue weighted by atomic mass is 127. The van der Waals surface area contributed by atoms with Crippen LogP contribution in [0.4, 0.5) is 0 Å². The maximum absolute atomic E-state index is 6.17. The van der Waals surface area contributed by atoms with Crippen LogP contribution in [0.25, 0.3) is 0 Å². The first-order valence-corrected chi connectivity index (χ1v) is 12.8. The van der Waals surface area contributed by atoms with Crippen molar-refractivity contribution in [3.63, 3.8) is 0 Å². The molecular formula is C24H46IN5O2. The summed E-state index contributed by atoms with van der Waals surface area (Å²) in [7, 11) is 4.20. The Bertz CT molecular complexity index is 565. The monoisotopic (exact) mass is 563 g/mol. The second kappa shape index (κ2) is 13.1. The molecule has 0 aliphatic carbocycles. The van der Waals surface area contributed by atoms with Crippen LogP contribution in [0.3, 0.4) is 0 Å². The molecule has 4 fully saturated rings. The predicted octanol–water partition coefficient (Wildman–Crippen LogP) is 2.79. The summed E-state index contributed by atoms with van der Waals surface area (Å²) >= 11 is 0. The van der Waals surface area contributed by atoms with Gasteiger partial charge in [-0.25, -0.2) is 0 Å². The predicted molar refractivity (Wildman–Crippen MR) is 141 cm³/mol. The summed E-state index contributed by atoms with van der Waals surface area (Å²) in [5, 5.41) is 3.81. The lowest BCUT2D eigenvalue weighted by Crippen LogP contribution is -2.62. The number of aliphatic imine (C=N–C) groups is 1. The number of likely N-dealkylation sites (tertiary alicyclic amines) is 3. The molecule has 4 aliphatic heterocycles. The van der Waals surface area contributed by atoms with Gasteiger partial charge in [0.25, 0.3) is 0 Å². The minimum absolute atomic E-state index is 0. The van der Waals surface area contributed by atoms with Crippen LogP contribution in [-0.4, -0.2) is 112 Å². The zero-order chi connectivity index (χ0) is 21.5. The van der Waals surface area contributed by atoms with Crippen LogP contribution in [0.1, 0.15) is 57.8 Å². The number of guanidine groups is 1. The molecule has 32 heavy (non-hydrogen) atoms. The van der Waals surface area contributed by atoms with Gasteiger partial charge in [0.2, 0.25) is 0 Å². The van der Waals surface area contributed by atoms with E-state index in [0.29, 0.717) is 12.2 Å². The zero-order valence-corrected chi connectivity index (χ0v) is 22.7. The Morgan fingerprint density at radius 3 is 2.34 bits per heavy atom. The molecule has 0 radical (unpaired) electrons. The van der Waals surface area contributed by atoms with E-state index in [-0.39, 0.29) is 29.5 Å². The van der Waals surface area contributed by atoms with Gasteiger partial charge in [-0.05, 0) is 84.6 Å². The van der Waals surface area contributed by atoms with Crippen LogP contribution in [0, 0.1) is 0 Å². The van der Waals surface area contributed by atoms with E-state index in [2.05, 4.69) is 32.1 Å².